The number of carbonyl (C=O) groups excluding carboxylic acids is 2. The molecule has 0 atom stereocenters. The number of rotatable bonds is 5. The van der Waals surface area contributed by atoms with Crippen LogP contribution >= 0.6 is 11.8 Å². The van der Waals surface area contributed by atoms with Crippen molar-refractivity contribution in [3.8, 4) is 0 Å². The lowest BCUT2D eigenvalue weighted by atomic mass is 9.99. The maximum Gasteiger partial charge on any atom is 0.313 e. The van der Waals surface area contributed by atoms with E-state index in [0.717, 1.165) is 28.9 Å². The third kappa shape index (κ3) is 5.14. The van der Waals surface area contributed by atoms with Gasteiger partial charge >= 0.3 is 11.8 Å². The van der Waals surface area contributed by atoms with Gasteiger partial charge in [0.15, 0.2) is 0 Å². The second-order valence-electron chi connectivity index (χ2n) is 7.09. The number of nitrogens with one attached hydrogen (secondary N) is 2. The fraction of sp³-hybridized carbons (Fsp3) is 0.364. The van der Waals surface area contributed by atoms with Gasteiger partial charge in [0.1, 0.15) is 0 Å². The summed E-state index contributed by atoms with van der Waals surface area (Å²) in [6.45, 7) is 5.64. The number of thioether (sulfide) groups is 1. The second-order valence-corrected chi connectivity index (χ2v) is 8.64. The molecule has 3 rings (SSSR count). The molecule has 2 aromatic rings. The Hall–Kier alpha value is -2.31. The molecule has 1 fully saturated rings. The molecular formula is C22H26N2O3S. The Balaban J connectivity index is 1.63. The number of benzene rings is 2. The first-order valence-electron chi connectivity index (χ1n) is 9.46. The molecule has 2 aromatic carbocycles. The molecular weight excluding hydrogens is 372 g/mol. The van der Waals surface area contributed by atoms with Crippen LogP contribution in [0.5, 0.6) is 0 Å². The van der Waals surface area contributed by atoms with Gasteiger partial charge in [-0.25, -0.2) is 0 Å². The first kappa shape index (κ1) is 20.4. The number of amides is 2. The first-order chi connectivity index (χ1) is 13.5. The maximum atomic E-state index is 12.4. The summed E-state index contributed by atoms with van der Waals surface area (Å²) >= 11 is 1.75. The SMILES string of the molecule is Cc1cccc(NC(=O)C(=O)NCC2(Sc3ccccc3)CCOCC2)c1C. The lowest BCUT2D eigenvalue weighted by Gasteiger charge is -2.36. The zero-order chi connectivity index (χ0) is 20.0. The quantitative estimate of drug-likeness (QED) is 0.754. The van der Waals surface area contributed by atoms with E-state index >= 15 is 0 Å². The van der Waals surface area contributed by atoms with E-state index in [1.165, 1.54) is 0 Å². The summed E-state index contributed by atoms with van der Waals surface area (Å²) in [5, 5.41) is 5.56. The molecule has 148 valence electrons. The van der Waals surface area contributed by atoms with Crippen LogP contribution in [-0.2, 0) is 14.3 Å². The summed E-state index contributed by atoms with van der Waals surface area (Å²) < 4.78 is 5.34. The zero-order valence-corrected chi connectivity index (χ0v) is 17.1. The van der Waals surface area contributed by atoms with Crippen molar-refractivity contribution in [2.45, 2.75) is 36.3 Å². The van der Waals surface area contributed by atoms with Crippen molar-refractivity contribution in [3.05, 3.63) is 59.7 Å². The van der Waals surface area contributed by atoms with Gasteiger partial charge in [0, 0.05) is 35.1 Å². The molecule has 5 nitrogen and oxygen atoms in total. The second kappa shape index (κ2) is 9.26. The minimum absolute atomic E-state index is 0.172. The van der Waals surface area contributed by atoms with Crippen molar-refractivity contribution in [2.24, 2.45) is 0 Å². The molecule has 0 bridgehead atoms. The monoisotopic (exact) mass is 398 g/mol. The van der Waals surface area contributed by atoms with Gasteiger partial charge in [0.05, 0.1) is 0 Å². The number of aryl methyl sites for hydroxylation is 1. The minimum Gasteiger partial charge on any atom is -0.381 e. The molecule has 1 heterocycles. The molecule has 0 spiro atoms. The van der Waals surface area contributed by atoms with Crippen molar-refractivity contribution in [1.29, 1.82) is 0 Å². The Morgan fingerprint density at radius 1 is 1.00 bits per heavy atom. The Morgan fingerprint density at radius 2 is 1.71 bits per heavy atom. The molecule has 0 aliphatic carbocycles. The van der Waals surface area contributed by atoms with Crippen LogP contribution in [-0.4, -0.2) is 36.3 Å². The summed E-state index contributed by atoms with van der Waals surface area (Å²) in [6, 6.07) is 15.8. The van der Waals surface area contributed by atoms with E-state index in [1.807, 2.05) is 44.2 Å². The van der Waals surface area contributed by atoms with Crippen LogP contribution in [0, 0.1) is 13.8 Å². The molecule has 2 N–H and O–H groups in total. The smallest absolute Gasteiger partial charge is 0.313 e. The maximum absolute atomic E-state index is 12.4. The highest BCUT2D eigenvalue weighted by atomic mass is 32.2. The number of anilines is 1. The topological polar surface area (TPSA) is 67.4 Å². The highest BCUT2D eigenvalue weighted by Gasteiger charge is 2.35. The van der Waals surface area contributed by atoms with Gasteiger partial charge in [-0.3, -0.25) is 9.59 Å². The minimum atomic E-state index is -0.638. The van der Waals surface area contributed by atoms with E-state index in [2.05, 4.69) is 22.8 Å². The number of carbonyl (C=O) groups is 2. The van der Waals surface area contributed by atoms with Gasteiger partial charge in [-0.2, -0.15) is 0 Å². The third-order valence-corrected chi connectivity index (χ3v) is 6.61. The molecule has 0 saturated carbocycles. The van der Waals surface area contributed by atoms with Gasteiger partial charge in [-0.05, 0) is 56.0 Å². The molecule has 0 aromatic heterocycles. The van der Waals surface area contributed by atoms with Crippen LogP contribution < -0.4 is 10.6 Å². The lowest BCUT2D eigenvalue weighted by Crippen LogP contribution is -2.47. The number of hydrogen-bond acceptors (Lipinski definition) is 4. The Labute approximate surface area is 170 Å². The Morgan fingerprint density at radius 3 is 2.43 bits per heavy atom. The largest absolute Gasteiger partial charge is 0.381 e. The summed E-state index contributed by atoms with van der Waals surface area (Å²) in [4.78, 5) is 25.9. The van der Waals surface area contributed by atoms with Gasteiger partial charge in [-0.1, -0.05) is 30.3 Å². The summed E-state index contributed by atoms with van der Waals surface area (Å²) in [5.41, 5.74) is 2.70. The first-order valence-corrected chi connectivity index (χ1v) is 10.3. The van der Waals surface area contributed by atoms with Crippen LogP contribution in [0.2, 0.25) is 0 Å². The van der Waals surface area contributed by atoms with Crippen molar-refractivity contribution >= 4 is 29.3 Å². The molecule has 28 heavy (non-hydrogen) atoms. The van der Waals surface area contributed by atoms with E-state index < -0.39 is 11.8 Å². The van der Waals surface area contributed by atoms with Crippen molar-refractivity contribution in [2.75, 3.05) is 25.1 Å². The van der Waals surface area contributed by atoms with Crippen molar-refractivity contribution in [3.63, 3.8) is 0 Å². The van der Waals surface area contributed by atoms with Crippen molar-refractivity contribution in [1.82, 2.24) is 5.32 Å². The average Bonchev–Trinajstić information content (AvgIpc) is 2.71. The third-order valence-electron chi connectivity index (χ3n) is 5.11. The zero-order valence-electron chi connectivity index (χ0n) is 16.3. The highest BCUT2D eigenvalue weighted by molar-refractivity contribution is 8.00. The van der Waals surface area contributed by atoms with E-state index in [4.69, 9.17) is 4.74 Å². The summed E-state index contributed by atoms with van der Waals surface area (Å²) in [5.74, 6) is -1.25. The fourth-order valence-electron chi connectivity index (χ4n) is 3.18. The molecule has 1 aliphatic rings. The number of ether oxygens (including phenoxy) is 1. The van der Waals surface area contributed by atoms with E-state index in [9.17, 15) is 9.59 Å². The van der Waals surface area contributed by atoms with Crippen LogP contribution in [0.15, 0.2) is 53.4 Å². The Bertz CT molecular complexity index is 833. The molecule has 6 heteroatoms. The van der Waals surface area contributed by atoms with Gasteiger partial charge in [0.2, 0.25) is 0 Å². The van der Waals surface area contributed by atoms with Crippen LogP contribution in [0.25, 0.3) is 0 Å². The van der Waals surface area contributed by atoms with Crippen LogP contribution in [0.3, 0.4) is 0 Å². The van der Waals surface area contributed by atoms with Gasteiger partial charge < -0.3 is 15.4 Å². The molecule has 0 radical (unpaired) electrons. The Kier molecular flexibility index (Phi) is 6.75. The van der Waals surface area contributed by atoms with E-state index in [-0.39, 0.29) is 4.75 Å². The molecule has 2 amide bonds. The van der Waals surface area contributed by atoms with E-state index in [1.54, 1.807) is 17.8 Å². The van der Waals surface area contributed by atoms with E-state index in [0.29, 0.717) is 25.4 Å². The molecule has 1 saturated heterocycles. The highest BCUT2D eigenvalue weighted by Crippen LogP contribution is 2.40. The predicted molar refractivity (Wildman–Crippen MR) is 113 cm³/mol. The molecule has 0 unspecified atom stereocenters. The van der Waals surface area contributed by atoms with Gasteiger partial charge in [-0.15, -0.1) is 11.8 Å². The predicted octanol–water partition coefficient (Wildman–Crippen LogP) is 3.70. The van der Waals surface area contributed by atoms with Crippen LogP contribution in [0.1, 0.15) is 24.0 Å². The van der Waals surface area contributed by atoms with Crippen molar-refractivity contribution < 1.29 is 14.3 Å². The summed E-state index contributed by atoms with van der Waals surface area (Å²) in [7, 11) is 0. The standard InChI is InChI=1S/C22H26N2O3S/c1-16-7-6-10-19(17(16)2)24-21(26)20(25)23-15-22(11-13-27-14-12-22)28-18-8-4-3-5-9-18/h3-10H,11-15H2,1-2H3,(H,23,25)(H,24,26). The lowest BCUT2D eigenvalue weighted by molar-refractivity contribution is -0.136. The van der Waals surface area contributed by atoms with Gasteiger partial charge in [0.25, 0.3) is 0 Å². The average molecular weight is 399 g/mol. The molecule has 1 aliphatic heterocycles. The summed E-state index contributed by atoms with van der Waals surface area (Å²) in [6.07, 6.45) is 1.65. The normalized spacial score (nSPS) is 15.6. The van der Waals surface area contributed by atoms with Crippen LogP contribution in [0.4, 0.5) is 5.69 Å². The fourth-order valence-corrected chi connectivity index (χ4v) is 4.49. The number of hydrogen-bond donors (Lipinski definition) is 2.